The van der Waals surface area contributed by atoms with Gasteiger partial charge in [0.15, 0.2) is 0 Å². The van der Waals surface area contributed by atoms with Gasteiger partial charge < -0.3 is 5.73 Å². The molecular weight excluding hydrogens is 272 g/mol. The second kappa shape index (κ2) is 4.98. The molecule has 5 heteroatoms. The zero-order chi connectivity index (χ0) is 14.3. The van der Waals surface area contributed by atoms with Gasteiger partial charge >= 0.3 is 0 Å². The molecule has 1 aliphatic heterocycles. The second-order valence-electron chi connectivity index (χ2n) is 5.39. The lowest BCUT2D eigenvalue weighted by Gasteiger charge is -2.19. The Labute approximate surface area is 122 Å². The number of para-hydroxylation sites is 1. The molecule has 104 valence electrons. The third-order valence-electron chi connectivity index (χ3n) is 4.25. The van der Waals surface area contributed by atoms with Crippen LogP contribution in [0, 0.1) is 11.8 Å². The predicted molar refractivity (Wildman–Crippen MR) is 80.3 cm³/mol. The van der Waals surface area contributed by atoms with Gasteiger partial charge in [0.05, 0.1) is 17.5 Å². The summed E-state index contributed by atoms with van der Waals surface area (Å²) in [5.74, 6) is -0.502. The Morgan fingerprint density at radius 2 is 1.65 bits per heavy atom. The molecule has 1 aromatic carbocycles. The molecule has 1 aliphatic carbocycles. The molecule has 1 aromatic rings. The quantitative estimate of drug-likeness (QED) is 0.668. The van der Waals surface area contributed by atoms with Crippen molar-refractivity contribution >= 4 is 34.7 Å². The van der Waals surface area contributed by atoms with Crippen molar-refractivity contribution in [2.75, 3.05) is 4.90 Å². The predicted octanol–water partition coefficient (Wildman–Crippen LogP) is 2.00. The van der Waals surface area contributed by atoms with E-state index in [1.165, 1.54) is 4.90 Å². The summed E-state index contributed by atoms with van der Waals surface area (Å²) < 4.78 is 0. The zero-order valence-corrected chi connectivity index (χ0v) is 11.9. The van der Waals surface area contributed by atoms with Crippen LogP contribution >= 0.6 is 12.2 Å². The van der Waals surface area contributed by atoms with Gasteiger partial charge in [-0.25, -0.2) is 4.90 Å². The fourth-order valence-corrected chi connectivity index (χ4v) is 3.45. The molecule has 3 rings (SSSR count). The SMILES string of the molecule is NC(=S)c1ccccc1N1C(=O)C2CCCCC2C1=O. The maximum absolute atomic E-state index is 12.5. The van der Waals surface area contributed by atoms with Gasteiger partial charge in [-0.1, -0.05) is 37.2 Å². The topological polar surface area (TPSA) is 63.4 Å². The zero-order valence-electron chi connectivity index (χ0n) is 11.0. The number of carbonyl (C=O) groups excluding carboxylic acids is 2. The van der Waals surface area contributed by atoms with Crippen molar-refractivity contribution in [1.82, 2.24) is 0 Å². The van der Waals surface area contributed by atoms with Gasteiger partial charge in [-0.2, -0.15) is 0 Å². The van der Waals surface area contributed by atoms with E-state index >= 15 is 0 Å². The molecule has 1 heterocycles. The van der Waals surface area contributed by atoms with Gasteiger partial charge in [0.1, 0.15) is 4.99 Å². The Hall–Kier alpha value is -1.75. The lowest BCUT2D eigenvalue weighted by Crippen LogP contribution is -2.32. The normalized spacial score (nSPS) is 25.7. The van der Waals surface area contributed by atoms with Crippen LogP contribution in [0.25, 0.3) is 0 Å². The first-order valence-electron chi connectivity index (χ1n) is 6.88. The number of carbonyl (C=O) groups is 2. The standard InChI is InChI=1S/C15H16N2O2S/c16-13(20)11-7-3-4-8-12(11)17-14(18)9-5-1-2-6-10(9)15(17)19/h3-4,7-10H,1-2,5-6H2,(H2,16,20). The molecule has 4 nitrogen and oxygen atoms in total. The van der Waals surface area contributed by atoms with Crippen LogP contribution in [0.1, 0.15) is 31.2 Å². The lowest BCUT2D eigenvalue weighted by atomic mass is 9.81. The lowest BCUT2D eigenvalue weighted by molar-refractivity contribution is -0.122. The molecule has 2 N–H and O–H groups in total. The summed E-state index contributed by atoms with van der Waals surface area (Å²) in [7, 11) is 0. The van der Waals surface area contributed by atoms with Crippen molar-refractivity contribution < 1.29 is 9.59 Å². The second-order valence-corrected chi connectivity index (χ2v) is 5.83. The number of anilines is 1. The third-order valence-corrected chi connectivity index (χ3v) is 4.47. The summed E-state index contributed by atoms with van der Waals surface area (Å²) in [5, 5.41) is 0. The number of imide groups is 1. The Bertz CT molecular complexity index is 575. The van der Waals surface area contributed by atoms with Crippen molar-refractivity contribution in [1.29, 1.82) is 0 Å². The highest BCUT2D eigenvalue weighted by Gasteiger charge is 2.49. The van der Waals surface area contributed by atoms with E-state index in [9.17, 15) is 9.59 Å². The van der Waals surface area contributed by atoms with Crippen LogP contribution < -0.4 is 10.6 Å². The van der Waals surface area contributed by atoms with Gasteiger partial charge in [0.25, 0.3) is 0 Å². The highest BCUT2D eigenvalue weighted by Crippen LogP contribution is 2.40. The minimum absolute atomic E-state index is 0.0941. The fraction of sp³-hybridized carbons (Fsp3) is 0.400. The largest absolute Gasteiger partial charge is 0.389 e. The first-order chi connectivity index (χ1) is 9.61. The number of thiocarbonyl (C=S) groups is 1. The Kier molecular flexibility index (Phi) is 3.30. The maximum Gasteiger partial charge on any atom is 0.237 e. The maximum atomic E-state index is 12.5. The van der Waals surface area contributed by atoms with Gasteiger partial charge in [-0.05, 0) is 25.0 Å². The van der Waals surface area contributed by atoms with E-state index < -0.39 is 0 Å². The van der Waals surface area contributed by atoms with E-state index in [0.717, 1.165) is 25.7 Å². The van der Waals surface area contributed by atoms with Crippen LogP contribution in [0.4, 0.5) is 5.69 Å². The van der Waals surface area contributed by atoms with Crippen molar-refractivity contribution in [3.8, 4) is 0 Å². The summed E-state index contributed by atoms with van der Waals surface area (Å²) in [6.07, 6.45) is 3.65. The van der Waals surface area contributed by atoms with Crippen LogP contribution in [0.5, 0.6) is 0 Å². The van der Waals surface area contributed by atoms with Gasteiger partial charge in [0, 0.05) is 5.56 Å². The number of nitrogens with zero attached hydrogens (tertiary/aromatic N) is 1. The molecule has 0 spiro atoms. The molecule has 2 unspecified atom stereocenters. The molecule has 2 atom stereocenters. The summed E-state index contributed by atoms with van der Waals surface area (Å²) in [4.78, 5) is 26.6. The van der Waals surface area contributed by atoms with E-state index in [2.05, 4.69) is 0 Å². The Morgan fingerprint density at radius 1 is 1.10 bits per heavy atom. The summed E-state index contributed by atoms with van der Waals surface area (Å²) >= 11 is 5.02. The molecule has 1 saturated heterocycles. The number of hydrogen-bond donors (Lipinski definition) is 1. The molecule has 1 saturated carbocycles. The van der Waals surface area contributed by atoms with Crippen molar-refractivity contribution in [2.24, 2.45) is 17.6 Å². The minimum Gasteiger partial charge on any atom is -0.389 e. The number of hydrogen-bond acceptors (Lipinski definition) is 3. The number of fused-ring (bicyclic) bond motifs is 1. The number of nitrogens with two attached hydrogens (primary N) is 1. The van der Waals surface area contributed by atoms with E-state index in [-0.39, 0.29) is 28.6 Å². The highest BCUT2D eigenvalue weighted by atomic mass is 32.1. The van der Waals surface area contributed by atoms with Crippen LogP contribution in [0.15, 0.2) is 24.3 Å². The summed E-state index contributed by atoms with van der Waals surface area (Å²) in [6.45, 7) is 0. The fourth-order valence-electron chi connectivity index (χ4n) is 3.28. The third kappa shape index (κ3) is 1.93. The van der Waals surface area contributed by atoms with Gasteiger partial charge in [-0.3, -0.25) is 9.59 Å². The van der Waals surface area contributed by atoms with Crippen molar-refractivity contribution in [2.45, 2.75) is 25.7 Å². The summed E-state index contributed by atoms with van der Waals surface area (Å²) in [5.41, 5.74) is 6.82. The first kappa shape index (κ1) is 13.2. The van der Waals surface area contributed by atoms with E-state index in [1.807, 2.05) is 0 Å². The molecular formula is C15H16N2O2S. The molecule has 0 radical (unpaired) electrons. The van der Waals surface area contributed by atoms with Crippen LogP contribution in [-0.2, 0) is 9.59 Å². The Morgan fingerprint density at radius 3 is 2.20 bits per heavy atom. The van der Waals surface area contributed by atoms with Crippen molar-refractivity contribution in [3.63, 3.8) is 0 Å². The van der Waals surface area contributed by atoms with Crippen LogP contribution in [0.2, 0.25) is 0 Å². The molecule has 20 heavy (non-hydrogen) atoms. The van der Waals surface area contributed by atoms with Gasteiger partial charge in [-0.15, -0.1) is 0 Å². The molecule has 0 aromatic heterocycles. The molecule has 0 bridgehead atoms. The van der Waals surface area contributed by atoms with E-state index in [0.29, 0.717) is 11.3 Å². The van der Waals surface area contributed by atoms with E-state index in [1.54, 1.807) is 24.3 Å². The number of amides is 2. The molecule has 2 aliphatic rings. The first-order valence-corrected chi connectivity index (χ1v) is 7.28. The number of benzene rings is 1. The minimum atomic E-state index is -0.157. The van der Waals surface area contributed by atoms with Crippen molar-refractivity contribution in [3.05, 3.63) is 29.8 Å². The average molecular weight is 288 g/mol. The Balaban J connectivity index is 2.04. The highest BCUT2D eigenvalue weighted by molar-refractivity contribution is 7.80. The van der Waals surface area contributed by atoms with E-state index in [4.69, 9.17) is 18.0 Å². The smallest absolute Gasteiger partial charge is 0.237 e. The molecule has 2 amide bonds. The van der Waals surface area contributed by atoms with Crippen LogP contribution in [0.3, 0.4) is 0 Å². The molecule has 2 fully saturated rings. The summed E-state index contributed by atoms with van der Waals surface area (Å²) in [6, 6.07) is 7.08. The number of rotatable bonds is 2. The monoisotopic (exact) mass is 288 g/mol. The average Bonchev–Trinajstić information content (AvgIpc) is 2.71. The van der Waals surface area contributed by atoms with Gasteiger partial charge in [0.2, 0.25) is 11.8 Å². The van der Waals surface area contributed by atoms with Crippen LogP contribution in [-0.4, -0.2) is 16.8 Å².